The molecule has 0 radical (unpaired) electrons. The second-order valence-corrected chi connectivity index (χ2v) is 9.49. The highest BCUT2D eigenvalue weighted by atomic mass is 35.5. The molecule has 0 saturated heterocycles. The average Bonchev–Trinajstić information content (AvgIpc) is 3.14. The number of para-hydroxylation sites is 1. The van der Waals surface area contributed by atoms with Crippen molar-refractivity contribution in [2.24, 2.45) is 0 Å². The van der Waals surface area contributed by atoms with E-state index in [1.807, 2.05) is 20.8 Å². The topological polar surface area (TPSA) is 81.1 Å². The first-order chi connectivity index (χ1) is 13.1. The maximum Gasteiger partial charge on any atom is 0.282 e. The summed E-state index contributed by atoms with van der Waals surface area (Å²) in [5.74, 6) is -0.551. The number of hydrogen-bond donors (Lipinski definition) is 1. The van der Waals surface area contributed by atoms with Gasteiger partial charge >= 0.3 is 0 Å². The van der Waals surface area contributed by atoms with Crippen LogP contribution < -0.4 is 5.32 Å². The van der Waals surface area contributed by atoms with E-state index in [0.29, 0.717) is 10.7 Å². The molecule has 1 amide bonds. The molecule has 28 heavy (non-hydrogen) atoms. The SMILES string of the molecule is CC(C)(C)c1ccc(S(=O)(=O)n2ccc(C(=O)Nc3ccccc3Cl)n2)cc1. The molecule has 3 rings (SSSR count). The normalized spacial score (nSPS) is 12.0. The maximum absolute atomic E-state index is 12.8. The van der Waals surface area contributed by atoms with Crippen LogP contribution in [-0.2, 0) is 15.4 Å². The summed E-state index contributed by atoms with van der Waals surface area (Å²) in [6.45, 7) is 6.15. The first-order valence-electron chi connectivity index (χ1n) is 8.57. The third kappa shape index (κ3) is 4.10. The van der Waals surface area contributed by atoms with Crippen LogP contribution in [0.1, 0.15) is 36.8 Å². The lowest BCUT2D eigenvalue weighted by Gasteiger charge is -2.19. The van der Waals surface area contributed by atoms with E-state index in [1.54, 1.807) is 48.5 Å². The number of rotatable bonds is 4. The summed E-state index contributed by atoms with van der Waals surface area (Å²) in [6, 6.07) is 14.7. The summed E-state index contributed by atoms with van der Waals surface area (Å²) >= 11 is 6.02. The van der Waals surface area contributed by atoms with Gasteiger partial charge in [-0.2, -0.15) is 17.6 Å². The molecule has 3 aromatic rings. The molecule has 0 atom stereocenters. The van der Waals surface area contributed by atoms with Gasteiger partial charge in [0.25, 0.3) is 15.9 Å². The predicted octanol–water partition coefficient (Wildman–Crippen LogP) is 4.32. The average molecular weight is 418 g/mol. The molecule has 146 valence electrons. The molecule has 8 heteroatoms. The van der Waals surface area contributed by atoms with Crippen molar-refractivity contribution < 1.29 is 13.2 Å². The minimum Gasteiger partial charge on any atom is -0.319 e. The Morgan fingerprint density at radius 2 is 1.68 bits per heavy atom. The van der Waals surface area contributed by atoms with Gasteiger partial charge in [-0.25, -0.2) is 0 Å². The molecule has 0 saturated carbocycles. The van der Waals surface area contributed by atoms with E-state index >= 15 is 0 Å². The number of benzene rings is 2. The van der Waals surface area contributed by atoms with Crippen LogP contribution in [0.2, 0.25) is 5.02 Å². The predicted molar refractivity (Wildman–Crippen MR) is 109 cm³/mol. The molecule has 6 nitrogen and oxygen atoms in total. The van der Waals surface area contributed by atoms with Crippen LogP contribution in [0.15, 0.2) is 65.7 Å². The minimum absolute atomic E-state index is 0.0326. The molecule has 0 aliphatic heterocycles. The van der Waals surface area contributed by atoms with Crippen LogP contribution in [0, 0.1) is 0 Å². The van der Waals surface area contributed by atoms with Crippen LogP contribution >= 0.6 is 11.6 Å². The first-order valence-corrected chi connectivity index (χ1v) is 10.4. The number of aromatic nitrogens is 2. The highest BCUT2D eigenvalue weighted by Gasteiger charge is 2.22. The van der Waals surface area contributed by atoms with Gasteiger partial charge in [-0.1, -0.05) is 56.6 Å². The minimum atomic E-state index is -3.90. The lowest BCUT2D eigenvalue weighted by atomic mass is 9.87. The molecule has 1 aromatic heterocycles. The molecule has 0 aliphatic carbocycles. The Morgan fingerprint density at radius 1 is 1.04 bits per heavy atom. The van der Waals surface area contributed by atoms with Crippen LogP contribution in [-0.4, -0.2) is 23.5 Å². The molecule has 0 unspecified atom stereocenters. The van der Waals surface area contributed by atoms with Gasteiger partial charge in [-0.15, -0.1) is 0 Å². The lowest BCUT2D eigenvalue weighted by molar-refractivity contribution is 0.102. The Kier molecular flexibility index (Phi) is 5.32. The molecule has 0 fully saturated rings. The van der Waals surface area contributed by atoms with E-state index in [4.69, 9.17) is 11.6 Å². The zero-order valence-corrected chi connectivity index (χ0v) is 17.3. The van der Waals surface area contributed by atoms with Crippen LogP contribution in [0.4, 0.5) is 5.69 Å². The Balaban J connectivity index is 1.84. The molecular weight excluding hydrogens is 398 g/mol. The van der Waals surface area contributed by atoms with Gasteiger partial charge in [-0.3, -0.25) is 4.79 Å². The Bertz CT molecular complexity index is 1110. The van der Waals surface area contributed by atoms with Crippen molar-refractivity contribution in [2.45, 2.75) is 31.1 Å². The molecule has 0 aliphatic rings. The molecule has 0 spiro atoms. The molecule has 2 aromatic carbocycles. The number of nitrogens with zero attached hydrogens (tertiary/aromatic N) is 2. The zero-order valence-electron chi connectivity index (χ0n) is 15.7. The Hall–Kier alpha value is -2.64. The number of nitrogens with one attached hydrogen (secondary N) is 1. The molecule has 1 N–H and O–H groups in total. The number of halogens is 1. The van der Waals surface area contributed by atoms with E-state index in [2.05, 4.69) is 10.4 Å². The van der Waals surface area contributed by atoms with Gasteiger partial charge in [-0.05, 0) is 41.3 Å². The summed E-state index contributed by atoms with van der Waals surface area (Å²) in [4.78, 5) is 12.5. The summed E-state index contributed by atoms with van der Waals surface area (Å²) < 4.78 is 26.4. The van der Waals surface area contributed by atoms with Crippen molar-refractivity contribution in [3.8, 4) is 0 Å². The summed E-state index contributed by atoms with van der Waals surface area (Å²) in [5, 5.41) is 6.92. The van der Waals surface area contributed by atoms with E-state index < -0.39 is 15.9 Å². The monoisotopic (exact) mass is 417 g/mol. The summed E-state index contributed by atoms with van der Waals surface area (Å²) in [7, 11) is -3.90. The number of anilines is 1. The molecule has 0 bridgehead atoms. The number of carbonyl (C=O) groups is 1. The van der Waals surface area contributed by atoms with E-state index in [0.717, 1.165) is 9.65 Å². The van der Waals surface area contributed by atoms with Gasteiger partial charge in [0.2, 0.25) is 0 Å². The standard InChI is InChI=1S/C20H20ClN3O3S/c1-20(2,3)14-8-10-15(11-9-14)28(26,27)24-13-12-18(23-24)19(25)22-17-7-5-4-6-16(17)21/h4-13H,1-3H3,(H,22,25). The fourth-order valence-electron chi connectivity index (χ4n) is 2.55. The van der Waals surface area contributed by atoms with Crippen molar-refractivity contribution in [3.05, 3.63) is 77.1 Å². The number of hydrogen-bond acceptors (Lipinski definition) is 4. The molecule has 1 heterocycles. The maximum atomic E-state index is 12.8. The van der Waals surface area contributed by atoms with Crippen molar-refractivity contribution in [2.75, 3.05) is 5.32 Å². The number of amides is 1. The van der Waals surface area contributed by atoms with Crippen LogP contribution in [0.3, 0.4) is 0 Å². The smallest absolute Gasteiger partial charge is 0.282 e. The van der Waals surface area contributed by atoms with E-state index in [1.165, 1.54) is 12.3 Å². The van der Waals surface area contributed by atoms with Crippen molar-refractivity contribution in [3.63, 3.8) is 0 Å². The first kappa shape index (κ1) is 20.1. The Labute approximate surface area is 169 Å². The molecular formula is C20H20ClN3O3S. The number of carbonyl (C=O) groups excluding carboxylic acids is 1. The van der Waals surface area contributed by atoms with Crippen molar-refractivity contribution in [1.29, 1.82) is 0 Å². The van der Waals surface area contributed by atoms with E-state index in [9.17, 15) is 13.2 Å². The second-order valence-electron chi connectivity index (χ2n) is 7.29. The van der Waals surface area contributed by atoms with Crippen molar-refractivity contribution >= 4 is 33.2 Å². The summed E-state index contributed by atoms with van der Waals surface area (Å²) in [6.07, 6.45) is 1.24. The third-order valence-corrected chi connectivity index (χ3v) is 6.08. The van der Waals surface area contributed by atoms with Crippen molar-refractivity contribution in [1.82, 2.24) is 9.19 Å². The fraction of sp³-hybridized carbons (Fsp3) is 0.200. The zero-order chi connectivity index (χ0) is 20.5. The summed E-state index contributed by atoms with van der Waals surface area (Å²) in [5.41, 5.74) is 1.32. The fourth-order valence-corrected chi connectivity index (χ4v) is 3.84. The highest BCUT2D eigenvalue weighted by Crippen LogP contribution is 2.24. The van der Waals surface area contributed by atoms with Gasteiger partial charge < -0.3 is 5.32 Å². The Morgan fingerprint density at radius 3 is 2.29 bits per heavy atom. The van der Waals surface area contributed by atoms with Gasteiger partial charge in [0.1, 0.15) is 0 Å². The lowest BCUT2D eigenvalue weighted by Crippen LogP contribution is -2.17. The highest BCUT2D eigenvalue weighted by molar-refractivity contribution is 7.89. The van der Waals surface area contributed by atoms with E-state index in [-0.39, 0.29) is 16.0 Å². The van der Waals surface area contributed by atoms with Gasteiger partial charge in [0, 0.05) is 6.20 Å². The quantitative estimate of drug-likeness (QED) is 0.685. The van der Waals surface area contributed by atoms with Gasteiger partial charge in [0.05, 0.1) is 15.6 Å². The second kappa shape index (κ2) is 7.41. The largest absolute Gasteiger partial charge is 0.319 e. The third-order valence-electron chi connectivity index (χ3n) is 4.19. The van der Waals surface area contributed by atoms with Crippen LogP contribution in [0.5, 0.6) is 0 Å². The van der Waals surface area contributed by atoms with Gasteiger partial charge in [0.15, 0.2) is 5.69 Å². The van der Waals surface area contributed by atoms with Crippen LogP contribution in [0.25, 0.3) is 0 Å².